The van der Waals surface area contributed by atoms with Crippen LogP contribution in [-0.4, -0.2) is 36.0 Å². The molecule has 5 heteroatoms. The number of hydrogen-bond acceptors (Lipinski definition) is 4. The van der Waals surface area contributed by atoms with Gasteiger partial charge in [-0.15, -0.1) is 0 Å². The van der Waals surface area contributed by atoms with Crippen molar-refractivity contribution in [2.24, 2.45) is 0 Å². The van der Waals surface area contributed by atoms with Gasteiger partial charge in [0.15, 0.2) is 0 Å². The molecule has 1 saturated heterocycles. The maximum absolute atomic E-state index is 10.9. The van der Waals surface area contributed by atoms with Crippen molar-refractivity contribution in [3.05, 3.63) is 39.9 Å². The molecule has 116 valence electrons. The summed E-state index contributed by atoms with van der Waals surface area (Å²) in [7, 11) is 1.98. The summed E-state index contributed by atoms with van der Waals surface area (Å²) in [6.45, 7) is 4.26. The summed E-state index contributed by atoms with van der Waals surface area (Å²) in [6, 6.07) is 7.87. The molecule has 1 aromatic rings. The molecule has 0 aliphatic carbocycles. The van der Waals surface area contributed by atoms with Crippen molar-refractivity contribution in [2.75, 3.05) is 20.1 Å². The molecule has 1 heterocycles. The number of benzene rings is 1. The fraction of sp³-hybridized carbons (Fsp3) is 0.625. The Hall–Kier alpha value is -1.46. The third-order valence-electron chi connectivity index (χ3n) is 4.46. The quantitative estimate of drug-likeness (QED) is 0.646. The summed E-state index contributed by atoms with van der Waals surface area (Å²) >= 11 is 0. The summed E-state index contributed by atoms with van der Waals surface area (Å²) < 4.78 is 0. The van der Waals surface area contributed by atoms with Crippen LogP contribution in [0.3, 0.4) is 0 Å². The topological polar surface area (TPSA) is 58.4 Å². The van der Waals surface area contributed by atoms with E-state index in [2.05, 4.69) is 17.1 Å². The maximum atomic E-state index is 10.9. The van der Waals surface area contributed by atoms with E-state index in [-0.39, 0.29) is 16.7 Å². The van der Waals surface area contributed by atoms with Gasteiger partial charge in [-0.25, -0.2) is 0 Å². The summed E-state index contributed by atoms with van der Waals surface area (Å²) in [6.07, 6.45) is 4.86. The molecule has 1 aliphatic heterocycles. The second-order valence-electron chi connectivity index (χ2n) is 5.81. The molecule has 2 atom stereocenters. The van der Waals surface area contributed by atoms with Gasteiger partial charge in [0.05, 0.1) is 4.92 Å². The minimum absolute atomic E-state index is 0.183. The number of non-ortho nitro benzene ring substituents is 1. The second kappa shape index (κ2) is 7.52. The number of piperidine rings is 1. The van der Waals surface area contributed by atoms with Crippen molar-refractivity contribution >= 4 is 5.69 Å². The van der Waals surface area contributed by atoms with E-state index in [1.807, 2.05) is 13.1 Å². The Labute approximate surface area is 126 Å². The smallest absolute Gasteiger partial charge is 0.269 e. The van der Waals surface area contributed by atoms with Crippen LogP contribution in [-0.2, 0) is 0 Å². The molecule has 1 aromatic carbocycles. The van der Waals surface area contributed by atoms with Crippen molar-refractivity contribution in [1.29, 1.82) is 0 Å². The van der Waals surface area contributed by atoms with Crippen molar-refractivity contribution in [1.82, 2.24) is 10.2 Å². The van der Waals surface area contributed by atoms with Crippen LogP contribution in [0.1, 0.15) is 44.2 Å². The number of nitrogens with one attached hydrogen (secondary N) is 1. The predicted octanol–water partition coefficient (Wildman–Crippen LogP) is 3.12. The van der Waals surface area contributed by atoms with Crippen LogP contribution < -0.4 is 5.32 Å². The molecular weight excluding hydrogens is 266 g/mol. The van der Waals surface area contributed by atoms with Gasteiger partial charge >= 0.3 is 0 Å². The van der Waals surface area contributed by atoms with Gasteiger partial charge in [0.25, 0.3) is 5.69 Å². The normalized spacial score (nSPS) is 21.1. The molecule has 0 spiro atoms. The molecule has 1 N–H and O–H groups in total. The highest BCUT2D eigenvalue weighted by atomic mass is 16.6. The van der Waals surface area contributed by atoms with E-state index in [1.165, 1.54) is 19.3 Å². The van der Waals surface area contributed by atoms with E-state index < -0.39 is 0 Å². The van der Waals surface area contributed by atoms with Crippen LogP contribution in [0, 0.1) is 10.1 Å². The average Bonchev–Trinajstić information content (AvgIpc) is 2.52. The van der Waals surface area contributed by atoms with Gasteiger partial charge in [-0.05, 0) is 51.9 Å². The first-order valence-electron chi connectivity index (χ1n) is 7.78. The highest BCUT2D eigenvalue weighted by molar-refractivity contribution is 5.35. The number of likely N-dealkylation sites (tertiary alicyclic amines) is 1. The number of nitrogens with zero attached hydrogens (tertiary/aromatic N) is 2. The highest BCUT2D eigenvalue weighted by Crippen LogP contribution is 2.31. The largest absolute Gasteiger partial charge is 0.320 e. The first-order chi connectivity index (χ1) is 10.1. The number of nitro groups is 1. The lowest BCUT2D eigenvalue weighted by Crippen LogP contribution is -2.42. The Kier molecular flexibility index (Phi) is 5.70. The second-order valence-corrected chi connectivity index (χ2v) is 5.81. The van der Waals surface area contributed by atoms with Gasteiger partial charge in [0.2, 0.25) is 0 Å². The Bertz CT molecular complexity index is 478. The molecule has 5 nitrogen and oxygen atoms in total. The molecule has 1 aliphatic rings. The Morgan fingerprint density at radius 3 is 3.00 bits per heavy atom. The van der Waals surface area contributed by atoms with Gasteiger partial charge < -0.3 is 5.32 Å². The summed E-state index contributed by atoms with van der Waals surface area (Å²) in [4.78, 5) is 13.1. The van der Waals surface area contributed by atoms with Gasteiger partial charge in [0, 0.05) is 24.2 Å². The van der Waals surface area contributed by atoms with Gasteiger partial charge in [-0.3, -0.25) is 15.0 Å². The molecule has 0 aromatic heterocycles. The Morgan fingerprint density at radius 2 is 2.29 bits per heavy atom. The predicted molar refractivity (Wildman–Crippen MR) is 84.4 cm³/mol. The van der Waals surface area contributed by atoms with Crippen LogP contribution in [0.2, 0.25) is 0 Å². The maximum Gasteiger partial charge on any atom is 0.269 e. The van der Waals surface area contributed by atoms with E-state index >= 15 is 0 Å². The van der Waals surface area contributed by atoms with Crippen LogP contribution in [0.15, 0.2) is 24.3 Å². The van der Waals surface area contributed by atoms with Crippen LogP contribution >= 0.6 is 0 Å². The van der Waals surface area contributed by atoms with E-state index in [1.54, 1.807) is 18.2 Å². The monoisotopic (exact) mass is 291 g/mol. The number of nitro benzene ring substituents is 1. The summed E-state index contributed by atoms with van der Waals surface area (Å²) in [5, 5.41) is 14.2. The lowest BCUT2D eigenvalue weighted by Gasteiger charge is -2.40. The SMILES string of the molecule is CNCCC1CCCCN1C(C)c1cccc([N+](=O)[O-])c1. The third kappa shape index (κ3) is 4.02. The highest BCUT2D eigenvalue weighted by Gasteiger charge is 2.27. The van der Waals surface area contributed by atoms with Crippen LogP contribution in [0.4, 0.5) is 5.69 Å². The van der Waals surface area contributed by atoms with Crippen LogP contribution in [0.25, 0.3) is 0 Å². The van der Waals surface area contributed by atoms with E-state index in [9.17, 15) is 10.1 Å². The zero-order valence-electron chi connectivity index (χ0n) is 12.9. The standard InChI is InChI=1S/C16H25N3O2/c1-13(14-6-5-8-16(12-14)19(20)21)18-11-4-3-7-15(18)9-10-17-2/h5-6,8,12-13,15,17H,3-4,7,9-11H2,1-2H3. The molecule has 2 rings (SSSR count). The summed E-state index contributed by atoms with van der Waals surface area (Å²) in [5.74, 6) is 0. The Morgan fingerprint density at radius 1 is 1.48 bits per heavy atom. The molecule has 21 heavy (non-hydrogen) atoms. The van der Waals surface area contributed by atoms with Crippen LogP contribution in [0.5, 0.6) is 0 Å². The Balaban J connectivity index is 2.14. The third-order valence-corrected chi connectivity index (χ3v) is 4.46. The minimum atomic E-state index is -0.315. The first-order valence-corrected chi connectivity index (χ1v) is 7.78. The van der Waals surface area contributed by atoms with Gasteiger partial charge in [-0.2, -0.15) is 0 Å². The van der Waals surface area contributed by atoms with Crippen molar-refractivity contribution in [2.45, 2.75) is 44.7 Å². The van der Waals surface area contributed by atoms with Crippen molar-refractivity contribution in [3.63, 3.8) is 0 Å². The molecular formula is C16H25N3O2. The zero-order chi connectivity index (χ0) is 15.2. The lowest BCUT2D eigenvalue weighted by molar-refractivity contribution is -0.385. The minimum Gasteiger partial charge on any atom is -0.320 e. The molecule has 0 saturated carbocycles. The van der Waals surface area contributed by atoms with E-state index in [0.29, 0.717) is 6.04 Å². The van der Waals surface area contributed by atoms with E-state index in [0.717, 1.165) is 25.1 Å². The fourth-order valence-electron chi connectivity index (χ4n) is 3.24. The van der Waals surface area contributed by atoms with E-state index in [4.69, 9.17) is 0 Å². The number of rotatable bonds is 6. The first kappa shape index (κ1) is 15.9. The fourth-order valence-corrected chi connectivity index (χ4v) is 3.24. The molecule has 1 fully saturated rings. The van der Waals surface area contributed by atoms with Crippen molar-refractivity contribution in [3.8, 4) is 0 Å². The molecule has 2 unspecified atom stereocenters. The zero-order valence-corrected chi connectivity index (χ0v) is 12.9. The average molecular weight is 291 g/mol. The molecule has 0 amide bonds. The van der Waals surface area contributed by atoms with Crippen molar-refractivity contribution < 1.29 is 4.92 Å². The molecule has 0 radical (unpaired) electrons. The summed E-state index contributed by atoms with van der Waals surface area (Å²) in [5.41, 5.74) is 1.23. The van der Waals surface area contributed by atoms with Gasteiger partial charge in [0.1, 0.15) is 0 Å². The van der Waals surface area contributed by atoms with Gasteiger partial charge in [-0.1, -0.05) is 18.6 Å². The lowest BCUT2D eigenvalue weighted by atomic mass is 9.95. The number of hydrogen-bond donors (Lipinski definition) is 1. The molecule has 0 bridgehead atoms.